The molecule has 17 heavy (non-hydrogen) atoms. The number of carboxylic acid groups (broad SMARTS) is 1. The second-order valence-electron chi connectivity index (χ2n) is 4.00. The Hall–Kier alpha value is -1.56. The van der Waals surface area contributed by atoms with E-state index < -0.39 is 20.6 Å². The molecule has 0 saturated carbocycles. The predicted octanol–water partition coefficient (Wildman–Crippen LogP) is 1.33. The van der Waals surface area contributed by atoms with E-state index in [1.165, 1.54) is 25.3 Å². The van der Waals surface area contributed by atoms with Crippen molar-refractivity contribution < 1.29 is 23.1 Å². The summed E-state index contributed by atoms with van der Waals surface area (Å²) < 4.78 is 27.3. The molecule has 0 aliphatic rings. The molecular weight excluding hydrogens is 244 g/mol. The highest BCUT2D eigenvalue weighted by molar-refractivity contribution is 7.93. The van der Waals surface area contributed by atoms with Gasteiger partial charge in [-0.2, -0.15) is 0 Å². The Balaban J connectivity index is 3.36. The highest BCUT2D eigenvalue weighted by Crippen LogP contribution is 2.27. The van der Waals surface area contributed by atoms with E-state index in [0.29, 0.717) is 5.75 Å². The van der Waals surface area contributed by atoms with Crippen LogP contribution in [0.15, 0.2) is 29.2 Å². The predicted molar refractivity (Wildman–Crippen MR) is 61.9 cm³/mol. The number of aliphatic carboxylic acids is 1. The zero-order valence-electron chi connectivity index (χ0n) is 9.80. The summed E-state index contributed by atoms with van der Waals surface area (Å²) in [5, 5.41) is 8.95. The number of carboxylic acids is 1. The summed E-state index contributed by atoms with van der Waals surface area (Å²) in [4.78, 5) is 10.9. The van der Waals surface area contributed by atoms with Crippen LogP contribution in [0.3, 0.4) is 0 Å². The Bertz CT molecular complexity index is 531. The first kappa shape index (κ1) is 13.5. The van der Waals surface area contributed by atoms with Crippen LogP contribution >= 0.6 is 0 Å². The number of benzene rings is 1. The van der Waals surface area contributed by atoms with Crippen molar-refractivity contribution >= 4 is 15.8 Å². The number of hydrogen-bond donors (Lipinski definition) is 1. The minimum atomic E-state index is -3.95. The number of hydrogen-bond acceptors (Lipinski definition) is 4. The molecule has 1 aromatic rings. The van der Waals surface area contributed by atoms with Gasteiger partial charge in [0, 0.05) is 0 Å². The summed E-state index contributed by atoms with van der Waals surface area (Å²) in [5.74, 6) is -1.02. The number of sulfone groups is 1. The molecule has 0 unspecified atom stereocenters. The molecule has 0 aliphatic heterocycles. The lowest BCUT2D eigenvalue weighted by Gasteiger charge is -2.19. The molecule has 1 N–H and O–H groups in total. The van der Waals surface area contributed by atoms with Crippen LogP contribution in [0.1, 0.15) is 13.8 Å². The second kappa shape index (κ2) is 4.37. The van der Waals surface area contributed by atoms with Gasteiger partial charge in [0.25, 0.3) is 0 Å². The van der Waals surface area contributed by atoms with Gasteiger partial charge in [0.1, 0.15) is 5.75 Å². The Morgan fingerprint density at radius 1 is 1.35 bits per heavy atom. The summed E-state index contributed by atoms with van der Waals surface area (Å²) in [6, 6.07) is 5.75. The van der Waals surface area contributed by atoms with Gasteiger partial charge < -0.3 is 9.84 Å². The standard InChI is InChI=1S/C11H14O5S/c1-11(2,10(12)13)17(14,15)9-6-4-5-8(7-9)16-3/h4-7H,1-3H3,(H,12,13). The van der Waals surface area contributed by atoms with Gasteiger partial charge in [-0.15, -0.1) is 0 Å². The molecule has 0 saturated heterocycles. The monoisotopic (exact) mass is 258 g/mol. The molecule has 0 radical (unpaired) electrons. The first-order valence-corrected chi connectivity index (χ1v) is 6.34. The van der Waals surface area contributed by atoms with Gasteiger partial charge >= 0.3 is 5.97 Å². The molecule has 94 valence electrons. The molecule has 0 aromatic heterocycles. The summed E-state index contributed by atoms with van der Waals surface area (Å²) in [6.07, 6.45) is 0. The lowest BCUT2D eigenvalue weighted by molar-refractivity contribution is -0.139. The highest BCUT2D eigenvalue weighted by atomic mass is 32.2. The van der Waals surface area contributed by atoms with Gasteiger partial charge in [0.15, 0.2) is 14.6 Å². The van der Waals surface area contributed by atoms with E-state index >= 15 is 0 Å². The van der Waals surface area contributed by atoms with Crippen LogP contribution in [0.25, 0.3) is 0 Å². The van der Waals surface area contributed by atoms with Crippen molar-refractivity contribution in [2.24, 2.45) is 0 Å². The summed E-state index contributed by atoms with van der Waals surface area (Å²) in [6.45, 7) is 2.31. The largest absolute Gasteiger partial charge is 0.497 e. The molecule has 1 aromatic carbocycles. The molecule has 0 fully saturated rings. The average molecular weight is 258 g/mol. The van der Waals surface area contributed by atoms with Crippen LogP contribution in [0, 0.1) is 0 Å². The SMILES string of the molecule is COc1cccc(S(=O)(=O)C(C)(C)C(=O)O)c1. The third-order valence-corrected chi connectivity index (χ3v) is 4.93. The van der Waals surface area contributed by atoms with Gasteiger partial charge in [-0.05, 0) is 32.0 Å². The Labute approximate surface area is 100.0 Å². The number of rotatable bonds is 4. The molecule has 5 nitrogen and oxygen atoms in total. The third kappa shape index (κ3) is 2.26. The first-order valence-electron chi connectivity index (χ1n) is 4.85. The van der Waals surface area contributed by atoms with Crippen molar-refractivity contribution in [3.63, 3.8) is 0 Å². The van der Waals surface area contributed by atoms with Crippen molar-refractivity contribution in [3.8, 4) is 5.75 Å². The minimum absolute atomic E-state index is 0.0655. The van der Waals surface area contributed by atoms with Crippen molar-refractivity contribution in [3.05, 3.63) is 24.3 Å². The van der Waals surface area contributed by atoms with Crippen molar-refractivity contribution in [1.82, 2.24) is 0 Å². The van der Waals surface area contributed by atoms with Crippen LogP contribution < -0.4 is 4.74 Å². The van der Waals surface area contributed by atoms with Crippen LogP contribution in [-0.2, 0) is 14.6 Å². The second-order valence-corrected chi connectivity index (χ2v) is 6.50. The Morgan fingerprint density at radius 2 is 1.94 bits per heavy atom. The molecule has 0 aliphatic carbocycles. The fourth-order valence-electron chi connectivity index (χ4n) is 1.18. The lowest BCUT2D eigenvalue weighted by atomic mass is 10.2. The summed E-state index contributed by atoms with van der Waals surface area (Å²) in [5.41, 5.74) is 0. The molecule has 0 heterocycles. The Kier molecular flexibility index (Phi) is 3.47. The molecular formula is C11H14O5S. The third-order valence-electron chi connectivity index (χ3n) is 2.54. The van der Waals surface area contributed by atoms with Crippen molar-refractivity contribution in [2.75, 3.05) is 7.11 Å². The quantitative estimate of drug-likeness (QED) is 0.881. The topological polar surface area (TPSA) is 80.7 Å². The first-order chi connectivity index (χ1) is 7.73. The van der Waals surface area contributed by atoms with Gasteiger partial charge in [-0.1, -0.05) is 6.07 Å². The maximum atomic E-state index is 12.1. The van der Waals surface area contributed by atoms with Crippen LogP contribution in [0.5, 0.6) is 5.75 Å². The summed E-state index contributed by atoms with van der Waals surface area (Å²) >= 11 is 0. The number of methoxy groups -OCH3 is 1. The van der Waals surface area contributed by atoms with E-state index in [4.69, 9.17) is 9.84 Å². The van der Waals surface area contributed by atoms with Gasteiger partial charge in [-0.3, -0.25) is 4.79 Å². The summed E-state index contributed by atoms with van der Waals surface area (Å²) in [7, 11) is -2.54. The number of ether oxygens (including phenoxy) is 1. The van der Waals surface area contributed by atoms with E-state index in [2.05, 4.69) is 0 Å². The molecule has 6 heteroatoms. The van der Waals surface area contributed by atoms with Gasteiger partial charge in [0.2, 0.25) is 0 Å². The minimum Gasteiger partial charge on any atom is -0.497 e. The molecule has 0 amide bonds. The maximum absolute atomic E-state index is 12.1. The zero-order valence-corrected chi connectivity index (χ0v) is 10.6. The number of carbonyl (C=O) groups is 1. The van der Waals surface area contributed by atoms with E-state index in [-0.39, 0.29) is 4.90 Å². The van der Waals surface area contributed by atoms with Crippen molar-refractivity contribution in [1.29, 1.82) is 0 Å². The van der Waals surface area contributed by atoms with Crippen LogP contribution in [0.4, 0.5) is 0 Å². The molecule has 1 rings (SSSR count). The van der Waals surface area contributed by atoms with E-state index in [1.54, 1.807) is 6.07 Å². The Morgan fingerprint density at radius 3 is 2.41 bits per heavy atom. The zero-order chi connectivity index (χ0) is 13.3. The maximum Gasteiger partial charge on any atom is 0.324 e. The van der Waals surface area contributed by atoms with Crippen molar-refractivity contribution in [2.45, 2.75) is 23.5 Å². The van der Waals surface area contributed by atoms with Gasteiger partial charge in [0.05, 0.1) is 12.0 Å². The van der Waals surface area contributed by atoms with E-state index in [0.717, 1.165) is 13.8 Å². The van der Waals surface area contributed by atoms with Crippen LogP contribution in [-0.4, -0.2) is 31.4 Å². The fraction of sp³-hybridized carbons (Fsp3) is 0.364. The lowest BCUT2D eigenvalue weighted by Crippen LogP contribution is -2.40. The average Bonchev–Trinajstić information content (AvgIpc) is 2.28. The van der Waals surface area contributed by atoms with Gasteiger partial charge in [-0.25, -0.2) is 8.42 Å². The van der Waals surface area contributed by atoms with E-state index in [9.17, 15) is 13.2 Å². The molecule has 0 spiro atoms. The molecule has 0 bridgehead atoms. The normalized spacial score (nSPS) is 12.2. The fourth-order valence-corrected chi connectivity index (χ4v) is 2.53. The highest BCUT2D eigenvalue weighted by Gasteiger charge is 2.43. The van der Waals surface area contributed by atoms with E-state index in [1.807, 2.05) is 0 Å². The molecule has 0 atom stereocenters. The smallest absolute Gasteiger partial charge is 0.324 e. The van der Waals surface area contributed by atoms with Crippen LogP contribution in [0.2, 0.25) is 0 Å².